The van der Waals surface area contributed by atoms with Gasteiger partial charge in [-0.25, -0.2) is 4.98 Å². The highest BCUT2D eigenvalue weighted by molar-refractivity contribution is 7.80. The number of anilines is 1. The quantitative estimate of drug-likeness (QED) is 0.620. The van der Waals surface area contributed by atoms with E-state index < -0.39 is 0 Å². The van der Waals surface area contributed by atoms with Crippen LogP contribution >= 0.6 is 12.2 Å². The van der Waals surface area contributed by atoms with Crippen molar-refractivity contribution in [2.45, 2.75) is 26.2 Å². The summed E-state index contributed by atoms with van der Waals surface area (Å²) in [6.45, 7) is 6.85. The lowest BCUT2D eigenvalue weighted by Gasteiger charge is -2.30. The van der Waals surface area contributed by atoms with Crippen molar-refractivity contribution < 1.29 is 4.74 Å². The molecule has 0 bridgehead atoms. The number of nitrogens with one attached hydrogen (secondary N) is 2. The summed E-state index contributed by atoms with van der Waals surface area (Å²) < 4.78 is 5.03. The minimum absolute atomic E-state index is 0.597. The van der Waals surface area contributed by atoms with Crippen molar-refractivity contribution in [3.05, 3.63) is 18.3 Å². The molecule has 0 spiro atoms. The van der Waals surface area contributed by atoms with Gasteiger partial charge < -0.3 is 20.3 Å². The third-order valence-corrected chi connectivity index (χ3v) is 4.13. The Labute approximate surface area is 138 Å². The highest BCUT2D eigenvalue weighted by Gasteiger charge is 2.15. The largest absolute Gasteiger partial charge is 0.481 e. The van der Waals surface area contributed by atoms with Crippen LogP contribution in [0.4, 0.5) is 5.69 Å². The molecule has 22 heavy (non-hydrogen) atoms. The maximum atomic E-state index is 5.29. The Balaban J connectivity index is 1.61. The molecule has 0 saturated carbocycles. The maximum Gasteiger partial charge on any atom is 0.213 e. The molecule has 2 rings (SSSR count). The van der Waals surface area contributed by atoms with Crippen LogP contribution in [-0.4, -0.2) is 48.3 Å². The molecular formula is C16H26N4OS. The van der Waals surface area contributed by atoms with E-state index in [-0.39, 0.29) is 0 Å². The van der Waals surface area contributed by atoms with Crippen LogP contribution in [0.5, 0.6) is 5.88 Å². The van der Waals surface area contributed by atoms with Crippen LogP contribution in [0.15, 0.2) is 18.3 Å². The standard InChI is InChI=1S/C16H26N4OS/c1-13-5-3-9-20(12-13)10-4-8-17-16(22)19-14-6-7-15(21-2)18-11-14/h6-7,11,13H,3-5,8-10,12H2,1-2H3,(H2,17,19,22)/t13-/m0/s1. The third-order valence-electron chi connectivity index (χ3n) is 3.88. The Hall–Kier alpha value is -1.40. The monoisotopic (exact) mass is 322 g/mol. The van der Waals surface area contributed by atoms with E-state index in [0.29, 0.717) is 11.0 Å². The van der Waals surface area contributed by atoms with E-state index in [1.165, 1.54) is 25.9 Å². The molecule has 0 radical (unpaired) electrons. The second-order valence-corrected chi connectivity index (χ2v) is 6.28. The average molecular weight is 322 g/mol. The molecule has 122 valence electrons. The van der Waals surface area contributed by atoms with E-state index in [9.17, 15) is 0 Å². The van der Waals surface area contributed by atoms with E-state index in [4.69, 9.17) is 17.0 Å². The van der Waals surface area contributed by atoms with Gasteiger partial charge in [0.2, 0.25) is 5.88 Å². The van der Waals surface area contributed by atoms with E-state index >= 15 is 0 Å². The average Bonchev–Trinajstić information content (AvgIpc) is 2.52. The molecule has 1 aliphatic heterocycles. The highest BCUT2D eigenvalue weighted by atomic mass is 32.1. The van der Waals surface area contributed by atoms with Gasteiger partial charge in [-0.2, -0.15) is 0 Å². The number of hydrogen-bond acceptors (Lipinski definition) is 4. The number of methoxy groups -OCH3 is 1. The predicted molar refractivity (Wildman–Crippen MR) is 94.5 cm³/mol. The molecule has 0 aromatic carbocycles. The van der Waals surface area contributed by atoms with Crippen molar-refractivity contribution >= 4 is 23.0 Å². The van der Waals surface area contributed by atoms with Crippen molar-refractivity contribution in [1.82, 2.24) is 15.2 Å². The SMILES string of the molecule is COc1ccc(NC(=S)NCCCN2CCC[C@H](C)C2)cn1. The van der Waals surface area contributed by atoms with E-state index in [2.05, 4.69) is 27.4 Å². The number of aromatic nitrogens is 1. The Morgan fingerprint density at radius 2 is 2.36 bits per heavy atom. The summed E-state index contributed by atoms with van der Waals surface area (Å²) in [5, 5.41) is 7.01. The second kappa shape index (κ2) is 8.90. The molecule has 2 N–H and O–H groups in total. The lowest BCUT2D eigenvalue weighted by Crippen LogP contribution is -2.37. The zero-order valence-electron chi connectivity index (χ0n) is 13.5. The van der Waals surface area contributed by atoms with Crippen molar-refractivity contribution in [2.24, 2.45) is 5.92 Å². The Kier molecular flexibility index (Phi) is 6.86. The molecule has 5 nitrogen and oxygen atoms in total. The van der Waals surface area contributed by atoms with Gasteiger partial charge in [0.15, 0.2) is 5.11 Å². The van der Waals surface area contributed by atoms with Crippen LogP contribution in [0, 0.1) is 5.92 Å². The smallest absolute Gasteiger partial charge is 0.213 e. The van der Waals surface area contributed by atoms with Gasteiger partial charge in [-0.05, 0) is 56.6 Å². The first kappa shape index (κ1) is 17.0. The zero-order valence-corrected chi connectivity index (χ0v) is 14.3. The molecule has 0 amide bonds. The van der Waals surface area contributed by atoms with Gasteiger partial charge in [-0.1, -0.05) is 6.92 Å². The molecule has 1 aromatic heterocycles. The topological polar surface area (TPSA) is 49.4 Å². The van der Waals surface area contributed by atoms with Crippen molar-refractivity contribution in [3.63, 3.8) is 0 Å². The summed E-state index contributed by atoms with van der Waals surface area (Å²) in [6.07, 6.45) is 5.52. The molecule has 0 unspecified atom stereocenters. The fraction of sp³-hybridized carbons (Fsp3) is 0.625. The summed E-state index contributed by atoms with van der Waals surface area (Å²) in [4.78, 5) is 6.69. The van der Waals surface area contributed by atoms with E-state index in [1.54, 1.807) is 13.3 Å². The molecule has 1 aromatic rings. The minimum Gasteiger partial charge on any atom is -0.481 e. The first-order valence-electron chi connectivity index (χ1n) is 7.94. The summed E-state index contributed by atoms with van der Waals surface area (Å²) in [7, 11) is 1.60. The number of ether oxygens (including phenoxy) is 1. The number of pyridine rings is 1. The lowest BCUT2D eigenvalue weighted by molar-refractivity contribution is 0.182. The number of likely N-dealkylation sites (tertiary alicyclic amines) is 1. The molecule has 2 heterocycles. The second-order valence-electron chi connectivity index (χ2n) is 5.87. The fourth-order valence-electron chi connectivity index (χ4n) is 2.74. The lowest BCUT2D eigenvalue weighted by atomic mass is 10.0. The van der Waals surface area contributed by atoms with Crippen molar-refractivity contribution in [1.29, 1.82) is 0 Å². The van der Waals surface area contributed by atoms with Gasteiger partial charge in [0.05, 0.1) is 19.0 Å². The summed E-state index contributed by atoms with van der Waals surface area (Å²) in [6, 6.07) is 3.71. The Morgan fingerprint density at radius 3 is 3.05 bits per heavy atom. The normalized spacial score (nSPS) is 18.7. The van der Waals surface area contributed by atoms with Crippen LogP contribution in [-0.2, 0) is 0 Å². The van der Waals surface area contributed by atoms with Crippen LogP contribution < -0.4 is 15.4 Å². The zero-order chi connectivity index (χ0) is 15.8. The van der Waals surface area contributed by atoms with Crippen LogP contribution in [0.1, 0.15) is 26.2 Å². The van der Waals surface area contributed by atoms with Gasteiger partial charge >= 0.3 is 0 Å². The third kappa shape index (κ3) is 5.77. The van der Waals surface area contributed by atoms with Gasteiger partial charge in [0.25, 0.3) is 0 Å². The van der Waals surface area contributed by atoms with Crippen molar-refractivity contribution in [3.8, 4) is 5.88 Å². The fourth-order valence-corrected chi connectivity index (χ4v) is 2.96. The van der Waals surface area contributed by atoms with E-state index in [0.717, 1.165) is 31.1 Å². The summed E-state index contributed by atoms with van der Waals surface area (Å²) in [5.41, 5.74) is 0.864. The molecule has 0 aliphatic carbocycles. The van der Waals surface area contributed by atoms with Gasteiger partial charge in [-0.3, -0.25) is 0 Å². The number of piperidine rings is 1. The number of thiocarbonyl (C=S) groups is 1. The molecule has 1 saturated heterocycles. The number of rotatable bonds is 6. The summed E-state index contributed by atoms with van der Waals surface area (Å²) >= 11 is 5.29. The molecular weight excluding hydrogens is 296 g/mol. The first-order chi connectivity index (χ1) is 10.7. The molecule has 1 aliphatic rings. The minimum atomic E-state index is 0.597. The maximum absolute atomic E-state index is 5.29. The number of hydrogen-bond donors (Lipinski definition) is 2. The van der Waals surface area contributed by atoms with Crippen LogP contribution in [0.3, 0.4) is 0 Å². The van der Waals surface area contributed by atoms with Gasteiger partial charge in [0, 0.05) is 19.2 Å². The van der Waals surface area contributed by atoms with E-state index in [1.807, 2.05) is 12.1 Å². The predicted octanol–water partition coefficient (Wildman–Crippen LogP) is 2.50. The number of nitrogens with zero attached hydrogens (tertiary/aromatic N) is 2. The Morgan fingerprint density at radius 1 is 1.50 bits per heavy atom. The first-order valence-corrected chi connectivity index (χ1v) is 8.35. The molecule has 6 heteroatoms. The van der Waals surface area contributed by atoms with Crippen LogP contribution in [0.25, 0.3) is 0 Å². The molecule has 1 fully saturated rings. The van der Waals surface area contributed by atoms with Crippen LogP contribution in [0.2, 0.25) is 0 Å². The van der Waals surface area contributed by atoms with Gasteiger partial charge in [0.1, 0.15) is 0 Å². The summed E-state index contributed by atoms with van der Waals surface area (Å²) in [5.74, 6) is 1.44. The van der Waals surface area contributed by atoms with Gasteiger partial charge in [-0.15, -0.1) is 0 Å². The molecule has 1 atom stereocenters. The Bertz CT molecular complexity index is 466. The van der Waals surface area contributed by atoms with Crippen molar-refractivity contribution in [2.75, 3.05) is 38.6 Å². The highest BCUT2D eigenvalue weighted by Crippen LogP contribution is 2.15.